The average molecular weight is 287 g/mol. The van der Waals surface area contributed by atoms with Crippen LogP contribution < -0.4 is 5.32 Å². The Morgan fingerprint density at radius 2 is 2.00 bits per heavy atom. The maximum atomic E-state index is 11.7. The Balaban J connectivity index is 2.32. The summed E-state index contributed by atoms with van der Waals surface area (Å²) in [7, 11) is 0. The molecule has 5 nitrogen and oxygen atoms in total. The molecule has 21 heavy (non-hydrogen) atoms. The summed E-state index contributed by atoms with van der Waals surface area (Å²) in [6, 6.07) is 8.47. The van der Waals surface area contributed by atoms with Crippen molar-refractivity contribution in [3.05, 3.63) is 41.7 Å². The Hall–Kier alpha value is -2.56. The van der Waals surface area contributed by atoms with Gasteiger partial charge in [0.15, 0.2) is 0 Å². The lowest BCUT2D eigenvalue weighted by Gasteiger charge is -2.11. The van der Waals surface area contributed by atoms with Crippen molar-refractivity contribution in [2.45, 2.75) is 26.7 Å². The molecule has 110 valence electrons. The first-order valence-electron chi connectivity index (χ1n) is 6.76. The number of carbonyl (C=O) groups excluding carboxylic acids is 1. The highest BCUT2D eigenvalue weighted by atomic mass is 16.4. The molecular formula is C16H17NO4. The largest absolute Gasteiger partial charge is 0.475 e. The van der Waals surface area contributed by atoms with Gasteiger partial charge in [0.1, 0.15) is 5.76 Å². The Morgan fingerprint density at radius 1 is 1.24 bits per heavy atom. The molecule has 0 aliphatic heterocycles. The van der Waals surface area contributed by atoms with Crippen LogP contribution in [0.1, 0.15) is 35.9 Å². The van der Waals surface area contributed by atoms with E-state index in [4.69, 9.17) is 9.52 Å². The third kappa shape index (κ3) is 3.31. The summed E-state index contributed by atoms with van der Waals surface area (Å²) in [5.41, 5.74) is 2.31. The van der Waals surface area contributed by atoms with Gasteiger partial charge in [-0.25, -0.2) is 4.79 Å². The van der Waals surface area contributed by atoms with Gasteiger partial charge in [-0.05, 0) is 37.1 Å². The third-order valence-electron chi connectivity index (χ3n) is 3.17. The lowest BCUT2D eigenvalue weighted by molar-refractivity contribution is -0.116. The first kappa shape index (κ1) is 14.8. The number of furan rings is 1. The molecule has 2 aromatic rings. The molecule has 0 aliphatic carbocycles. The van der Waals surface area contributed by atoms with Gasteiger partial charge in [-0.15, -0.1) is 0 Å². The van der Waals surface area contributed by atoms with E-state index in [9.17, 15) is 9.59 Å². The summed E-state index contributed by atoms with van der Waals surface area (Å²) in [6.45, 7) is 3.80. The second-order valence-corrected chi connectivity index (χ2v) is 4.75. The fourth-order valence-electron chi connectivity index (χ4n) is 2.08. The molecule has 1 aromatic heterocycles. The van der Waals surface area contributed by atoms with Crippen molar-refractivity contribution in [2.75, 3.05) is 5.32 Å². The normalized spacial score (nSPS) is 10.4. The molecule has 0 saturated carbocycles. The number of benzene rings is 1. The molecule has 1 aromatic carbocycles. The summed E-state index contributed by atoms with van der Waals surface area (Å²) >= 11 is 0. The lowest BCUT2D eigenvalue weighted by atomic mass is 10.0. The van der Waals surface area contributed by atoms with Gasteiger partial charge in [0.25, 0.3) is 0 Å². The standard InChI is InChI=1S/C16H17NO4/c1-3-5-15(18)17-12-7-4-6-11(10(12)2)13-8-9-14(21-13)16(19)20/h4,6-9H,3,5H2,1-2H3,(H,17,18)(H,19,20). The van der Waals surface area contributed by atoms with Gasteiger partial charge in [-0.3, -0.25) is 4.79 Å². The summed E-state index contributed by atoms with van der Waals surface area (Å²) in [6.07, 6.45) is 1.25. The molecule has 0 fully saturated rings. The van der Waals surface area contributed by atoms with E-state index in [1.54, 1.807) is 12.1 Å². The van der Waals surface area contributed by atoms with Gasteiger partial charge < -0.3 is 14.8 Å². The minimum Gasteiger partial charge on any atom is -0.475 e. The number of carboxylic acids is 1. The minimum atomic E-state index is -1.11. The molecule has 0 atom stereocenters. The van der Waals surface area contributed by atoms with Crippen molar-refractivity contribution < 1.29 is 19.1 Å². The van der Waals surface area contributed by atoms with E-state index < -0.39 is 5.97 Å². The molecule has 2 N–H and O–H groups in total. The van der Waals surface area contributed by atoms with E-state index in [2.05, 4.69) is 5.32 Å². The summed E-state index contributed by atoms with van der Waals surface area (Å²) < 4.78 is 5.31. The molecule has 0 saturated heterocycles. The topological polar surface area (TPSA) is 79.5 Å². The first-order valence-corrected chi connectivity index (χ1v) is 6.76. The van der Waals surface area contributed by atoms with Gasteiger partial charge in [0.2, 0.25) is 11.7 Å². The van der Waals surface area contributed by atoms with Crippen LogP contribution in [-0.2, 0) is 4.79 Å². The number of hydrogen-bond donors (Lipinski definition) is 2. The van der Waals surface area contributed by atoms with Crippen LogP contribution in [0.3, 0.4) is 0 Å². The summed E-state index contributed by atoms with van der Waals surface area (Å²) in [5.74, 6) is -0.781. The summed E-state index contributed by atoms with van der Waals surface area (Å²) in [4.78, 5) is 22.6. The fraction of sp³-hybridized carbons (Fsp3) is 0.250. The van der Waals surface area contributed by atoms with Crippen molar-refractivity contribution in [2.24, 2.45) is 0 Å². The molecule has 1 amide bonds. The van der Waals surface area contributed by atoms with Crippen molar-refractivity contribution >= 4 is 17.6 Å². The number of amides is 1. The Kier molecular flexibility index (Phi) is 4.42. The zero-order valence-corrected chi connectivity index (χ0v) is 12.0. The Morgan fingerprint density at radius 3 is 2.62 bits per heavy atom. The van der Waals surface area contributed by atoms with Crippen LogP contribution in [0.25, 0.3) is 11.3 Å². The van der Waals surface area contributed by atoms with E-state index >= 15 is 0 Å². The molecule has 0 spiro atoms. The molecule has 0 unspecified atom stereocenters. The molecule has 0 bridgehead atoms. The second-order valence-electron chi connectivity index (χ2n) is 4.75. The van der Waals surface area contributed by atoms with Gasteiger partial charge in [0, 0.05) is 17.7 Å². The summed E-state index contributed by atoms with van der Waals surface area (Å²) in [5, 5.41) is 11.8. The number of hydrogen-bond acceptors (Lipinski definition) is 3. The van der Waals surface area contributed by atoms with Gasteiger partial charge in [0.05, 0.1) is 0 Å². The highest BCUT2D eigenvalue weighted by Gasteiger charge is 2.14. The van der Waals surface area contributed by atoms with Crippen molar-refractivity contribution in [3.8, 4) is 11.3 Å². The van der Waals surface area contributed by atoms with E-state index in [0.717, 1.165) is 17.5 Å². The van der Waals surface area contributed by atoms with E-state index in [1.807, 2.05) is 26.0 Å². The quantitative estimate of drug-likeness (QED) is 0.878. The van der Waals surface area contributed by atoms with E-state index in [-0.39, 0.29) is 11.7 Å². The number of rotatable bonds is 5. The van der Waals surface area contributed by atoms with Crippen LogP contribution in [0, 0.1) is 6.92 Å². The number of anilines is 1. The number of carboxylic acid groups (broad SMARTS) is 1. The van der Waals surface area contributed by atoms with Gasteiger partial charge >= 0.3 is 5.97 Å². The van der Waals surface area contributed by atoms with Gasteiger partial charge in [-0.1, -0.05) is 19.1 Å². The lowest BCUT2D eigenvalue weighted by Crippen LogP contribution is -2.11. The highest BCUT2D eigenvalue weighted by Crippen LogP contribution is 2.30. The predicted molar refractivity (Wildman–Crippen MR) is 79.4 cm³/mol. The van der Waals surface area contributed by atoms with Crippen LogP contribution >= 0.6 is 0 Å². The number of aromatic carboxylic acids is 1. The third-order valence-corrected chi connectivity index (χ3v) is 3.17. The average Bonchev–Trinajstić information content (AvgIpc) is 2.91. The number of carbonyl (C=O) groups is 2. The van der Waals surface area contributed by atoms with Gasteiger partial charge in [-0.2, -0.15) is 0 Å². The van der Waals surface area contributed by atoms with Crippen LogP contribution in [0.2, 0.25) is 0 Å². The molecule has 5 heteroatoms. The second kappa shape index (κ2) is 6.26. The maximum Gasteiger partial charge on any atom is 0.371 e. The molecule has 1 heterocycles. The molecule has 0 aliphatic rings. The number of nitrogens with one attached hydrogen (secondary N) is 1. The van der Waals surface area contributed by atoms with Crippen LogP contribution in [-0.4, -0.2) is 17.0 Å². The fourth-order valence-corrected chi connectivity index (χ4v) is 2.08. The van der Waals surface area contributed by atoms with Crippen molar-refractivity contribution in [1.82, 2.24) is 0 Å². The van der Waals surface area contributed by atoms with Crippen LogP contribution in [0.4, 0.5) is 5.69 Å². The van der Waals surface area contributed by atoms with Crippen LogP contribution in [0.5, 0.6) is 0 Å². The Bertz CT molecular complexity index is 673. The first-order chi connectivity index (χ1) is 10.0. The van der Waals surface area contributed by atoms with Crippen molar-refractivity contribution in [3.63, 3.8) is 0 Å². The zero-order chi connectivity index (χ0) is 15.4. The molecule has 0 radical (unpaired) electrons. The SMILES string of the molecule is CCCC(=O)Nc1cccc(-c2ccc(C(=O)O)o2)c1C. The van der Waals surface area contributed by atoms with Crippen LogP contribution in [0.15, 0.2) is 34.7 Å². The predicted octanol–water partition coefficient (Wildman–Crippen LogP) is 3.69. The van der Waals surface area contributed by atoms with Crippen molar-refractivity contribution in [1.29, 1.82) is 0 Å². The maximum absolute atomic E-state index is 11.7. The monoisotopic (exact) mass is 287 g/mol. The molecule has 2 rings (SSSR count). The van der Waals surface area contributed by atoms with E-state index in [0.29, 0.717) is 17.9 Å². The van der Waals surface area contributed by atoms with E-state index in [1.165, 1.54) is 6.07 Å². The zero-order valence-electron chi connectivity index (χ0n) is 12.0. The molecular weight excluding hydrogens is 270 g/mol. The Labute approximate surface area is 122 Å². The highest BCUT2D eigenvalue weighted by molar-refractivity contribution is 5.92. The smallest absolute Gasteiger partial charge is 0.371 e. The minimum absolute atomic E-state index is 0.0385.